The monoisotopic (exact) mass is 627 g/mol. The third-order valence-corrected chi connectivity index (χ3v) is 12.4. The number of amides is 3. The molecule has 6 rings (SSSR count). The van der Waals surface area contributed by atoms with Gasteiger partial charge < -0.3 is 19.8 Å². The van der Waals surface area contributed by atoms with Crippen molar-refractivity contribution in [2.75, 3.05) is 19.7 Å². The molecule has 7 nitrogen and oxygen atoms in total. The van der Waals surface area contributed by atoms with E-state index in [1.165, 1.54) is 6.42 Å². The molecular formula is C37H45N3O4S. The number of hydrogen-bond acceptors (Lipinski definition) is 5. The highest BCUT2D eigenvalue weighted by Crippen LogP contribution is 2.67. The van der Waals surface area contributed by atoms with E-state index in [2.05, 4.69) is 13.2 Å². The van der Waals surface area contributed by atoms with Crippen LogP contribution in [0.1, 0.15) is 62.1 Å². The number of carbonyl (C=O) groups excluding carboxylic acids is 3. The molecule has 1 aliphatic carbocycles. The Hall–Kier alpha value is -3.36. The van der Waals surface area contributed by atoms with E-state index in [0.717, 1.165) is 43.2 Å². The van der Waals surface area contributed by atoms with E-state index in [1.807, 2.05) is 70.5 Å². The van der Waals surface area contributed by atoms with Crippen LogP contribution in [0.2, 0.25) is 0 Å². The molecule has 1 spiro atoms. The molecule has 3 amide bonds. The molecule has 3 aliphatic heterocycles. The Bertz CT molecular complexity index is 1400. The van der Waals surface area contributed by atoms with Crippen molar-refractivity contribution in [2.24, 2.45) is 11.8 Å². The SMILES string of the molecule is C=CCN(Cc1ccccc1)C(=O)[C@@H]1[C@@H]2CCC3(S2)C(C(=O)N(CC=C)C2CCCCC2)N([C@H](CO)c2ccccc2)C(=O)[C@H]13. The fourth-order valence-electron chi connectivity index (χ4n) is 8.53. The molecule has 8 heteroatoms. The number of fused-ring (bicyclic) bond motifs is 1. The number of aliphatic hydroxyl groups is 1. The molecule has 4 fully saturated rings. The second kappa shape index (κ2) is 13.6. The Morgan fingerprint density at radius 2 is 1.62 bits per heavy atom. The molecule has 2 aromatic rings. The van der Waals surface area contributed by atoms with E-state index in [4.69, 9.17) is 0 Å². The van der Waals surface area contributed by atoms with Gasteiger partial charge in [-0.15, -0.1) is 24.9 Å². The molecule has 1 N–H and O–H groups in total. The number of thioether (sulfide) groups is 1. The van der Waals surface area contributed by atoms with Crippen LogP contribution < -0.4 is 0 Å². The number of likely N-dealkylation sites (tertiary alicyclic amines) is 1. The Labute approximate surface area is 271 Å². The van der Waals surface area contributed by atoms with Gasteiger partial charge in [0.1, 0.15) is 6.04 Å². The predicted octanol–water partition coefficient (Wildman–Crippen LogP) is 5.37. The zero-order chi connectivity index (χ0) is 31.6. The fourth-order valence-corrected chi connectivity index (χ4v) is 10.7. The summed E-state index contributed by atoms with van der Waals surface area (Å²) in [6.45, 7) is 8.80. The van der Waals surface area contributed by atoms with Crippen molar-refractivity contribution in [1.29, 1.82) is 0 Å². The van der Waals surface area contributed by atoms with Crippen LogP contribution in [0.25, 0.3) is 0 Å². The van der Waals surface area contributed by atoms with Gasteiger partial charge in [0.2, 0.25) is 17.7 Å². The van der Waals surface area contributed by atoms with E-state index in [1.54, 1.807) is 28.8 Å². The third kappa shape index (κ3) is 5.65. The van der Waals surface area contributed by atoms with Crippen molar-refractivity contribution in [3.8, 4) is 0 Å². The number of carbonyl (C=O) groups is 3. The Balaban J connectivity index is 1.41. The molecule has 238 valence electrons. The van der Waals surface area contributed by atoms with Gasteiger partial charge in [0.15, 0.2) is 0 Å². The first-order valence-electron chi connectivity index (χ1n) is 16.5. The van der Waals surface area contributed by atoms with Crippen molar-refractivity contribution in [3.05, 3.63) is 97.1 Å². The second-order valence-corrected chi connectivity index (χ2v) is 14.6. The smallest absolute Gasteiger partial charge is 0.247 e. The van der Waals surface area contributed by atoms with Crippen molar-refractivity contribution in [1.82, 2.24) is 14.7 Å². The maximum Gasteiger partial charge on any atom is 0.247 e. The number of benzene rings is 2. The lowest BCUT2D eigenvalue weighted by Gasteiger charge is -2.42. The molecule has 0 radical (unpaired) electrons. The van der Waals surface area contributed by atoms with Gasteiger partial charge in [-0.2, -0.15) is 0 Å². The van der Waals surface area contributed by atoms with Gasteiger partial charge in [-0.25, -0.2) is 0 Å². The van der Waals surface area contributed by atoms with E-state index >= 15 is 4.79 Å². The Morgan fingerprint density at radius 3 is 2.27 bits per heavy atom. The molecule has 4 aliphatic rings. The first kappa shape index (κ1) is 31.6. The summed E-state index contributed by atoms with van der Waals surface area (Å²) in [5, 5.41) is 10.8. The molecule has 3 heterocycles. The zero-order valence-corrected chi connectivity index (χ0v) is 26.8. The largest absolute Gasteiger partial charge is 0.394 e. The van der Waals surface area contributed by atoms with Crippen molar-refractivity contribution in [2.45, 2.75) is 79.6 Å². The van der Waals surface area contributed by atoms with Gasteiger partial charge in [0.25, 0.3) is 0 Å². The molecule has 3 saturated heterocycles. The van der Waals surface area contributed by atoms with Gasteiger partial charge in [-0.3, -0.25) is 14.4 Å². The summed E-state index contributed by atoms with van der Waals surface area (Å²) in [5.41, 5.74) is 1.80. The Morgan fingerprint density at radius 1 is 0.956 bits per heavy atom. The number of nitrogens with zero attached hydrogens (tertiary/aromatic N) is 3. The van der Waals surface area contributed by atoms with E-state index in [-0.39, 0.29) is 35.6 Å². The maximum atomic E-state index is 15.0. The lowest BCUT2D eigenvalue weighted by atomic mass is 9.70. The number of hydrogen-bond donors (Lipinski definition) is 1. The van der Waals surface area contributed by atoms with Crippen LogP contribution in [-0.4, -0.2) is 79.3 Å². The summed E-state index contributed by atoms with van der Waals surface area (Å²) in [6.07, 6.45) is 10.2. The minimum Gasteiger partial charge on any atom is -0.394 e. The predicted molar refractivity (Wildman–Crippen MR) is 178 cm³/mol. The highest BCUT2D eigenvalue weighted by atomic mass is 32.2. The van der Waals surface area contributed by atoms with Crippen molar-refractivity contribution < 1.29 is 19.5 Å². The van der Waals surface area contributed by atoms with Gasteiger partial charge in [0.05, 0.1) is 29.2 Å². The van der Waals surface area contributed by atoms with Crippen LogP contribution in [0.3, 0.4) is 0 Å². The third-order valence-electron chi connectivity index (χ3n) is 10.5. The lowest BCUT2D eigenvalue weighted by Crippen LogP contribution is -2.57. The lowest BCUT2D eigenvalue weighted by molar-refractivity contribution is -0.148. The summed E-state index contributed by atoms with van der Waals surface area (Å²) in [4.78, 5) is 49.9. The van der Waals surface area contributed by atoms with Crippen LogP contribution in [0, 0.1) is 11.8 Å². The van der Waals surface area contributed by atoms with Gasteiger partial charge in [0, 0.05) is 30.9 Å². The standard InChI is InChI=1S/C37H45N3O4S/c1-3-22-38(24-26-14-8-5-9-15-26)34(42)31-30-20-21-37(45-30)32(31)35(43)40(29(25-41)27-16-10-6-11-17-27)33(37)36(44)39(23-4-2)28-18-12-7-13-19-28/h3-6,8-11,14-17,28-33,41H,1-2,7,12-13,18-25H2/t29-,30+,31-,32+,33?,37?/m1/s1. The summed E-state index contributed by atoms with van der Waals surface area (Å²) < 4.78 is -0.734. The second-order valence-electron chi connectivity index (χ2n) is 13.0. The topological polar surface area (TPSA) is 81.2 Å². The minimum atomic E-state index is -0.774. The first-order valence-corrected chi connectivity index (χ1v) is 17.3. The van der Waals surface area contributed by atoms with Crippen LogP contribution in [0.5, 0.6) is 0 Å². The van der Waals surface area contributed by atoms with Crippen LogP contribution in [0.4, 0.5) is 0 Å². The summed E-state index contributed by atoms with van der Waals surface area (Å²) >= 11 is 1.69. The summed E-state index contributed by atoms with van der Waals surface area (Å²) in [6, 6.07) is 18.0. The molecule has 2 bridgehead atoms. The molecular weight excluding hydrogens is 582 g/mol. The van der Waals surface area contributed by atoms with Crippen LogP contribution >= 0.6 is 11.8 Å². The maximum absolute atomic E-state index is 15.0. The highest BCUT2D eigenvalue weighted by molar-refractivity contribution is 8.02. The average Bonchev–Trinajstić information content (AvgIpc) is 3.72. The summed E-state index contributed by atoms with van der Waals surface area (Å²) in [7, 11) is 0. The van der Waals surface area contributed by atoms with E-state index in [9.17, 15) is 14.7 Å². The fraction of sp³-hybridized carbons (Fsp3) is 0.486. The van der Waals surface area contributed by atoms with Crippen LogP contribution in [0.15, 0.2) is 86.0 Å². The molecule has 0 aromatic heterocycles. The molecule has 2 unspecified atom stereocenters. The molecule has 2 aromatic carbocycles. The molecule has 1 saturated carbocycles. The zero-order valence-electron chi connectivity index (χ0n) is 26.0. The normalized spacial score (nSPS) is 28.0. The van der Waals surface area contributed by atoms with Gasteiger partial charge in [-0.05, 0) is 36.8 Å². The van der Waals surface area contributed by atoms with Crippen molar-refractivity contribution in [3.63, 3.8) is 0 Å². The number of rotatable bonds is 12. The van der Waals surface area contributed by atoms with Crippen molar-refractivity contribution >= 4 is 29.5 Å². The van der Waals surface area contributed by atoms with Gasteiger partial charge in [-0.1, -0.05) is 92.1 Å². The van der Waals surface area contributed by atoms with E-state index < -0.39 is 28.7 Å². The number of aliphatic hydroxyl groups excluding tert-OH is 1. The first-order chi connectivity index (χ1) is 21.9. The average molecular weight is 628 g/mol. The van der Waals surface area contributed by atoms with Crippen LogP contribution in [-0.2, 0) is 20.9 Å². The van der Waals surface area contributed by atoms with Gasteiger partial charge >= 0.3 is 0 Å². The minimum absolute atomic E-state index is 0.0428. The summed E-state index contributed by atoms with van der Waals surface area (Å²) in [5.74, 6) is -1.50. The highest BCUT2D eigenvalue weighted by Gasteiger charge is 2.74. The molecule has 6 atom stereocenters. The Kier molecular flexibility index (Phi) is 9.52. The quantitative estimate of drug-likeness (QED) is 0.320. The molecule has 45 heavy (non-hydrogen) atoms. The van der Waals surface area contributed by atoms with E-state index in [0.29, 0.717) is 26.1 Å².